The lowest BCUT2D eigenvalue weighted by Gasteiger charge is -2.14. The van der Waals surface area contributed by atoms with E-state index in [0.29, 0.717) is 19.1 Å². The Morgan fingerprint density at radius 3 is 3.05 bits per heavy atom. The number of hydrogen-bond donors (Lipinski definition) is 2. The molecule has 1 saturated heterocycles. The molecule has 0 spiro atoms. The highest BCUT2D eigenvalue weighted by molar-refractivity contribution is 5.28. The number of nitrogens with two attached hydrogens (primary N) is 1. The van der Waals surface area contributed by atoms with Crippen LogP contribution in [0.15, 0.2) is 24.3 Å². The third kappa shape index (κ3) is 5.09. The summed E-state index contributed by atoms with van der Waals surface area (Å²) >= 11 is 0. The molecule has 2 atom stereocenters. The van der Waals surface area contributed by atoms with E-state index in [-0.39, 0.29) is 13.2 Å². The molecule has 0 aromatic heterocycles. The van der Waals surface area contributed by atoms with E-state index in [0.717, 1.165) is 30.9 Å². The second-order valence-electron chi connectivity index (χ2n) is 5.08. The van der Waals surface area contributed by atoms with Crippen LogP contribution >= 0.6 is 0 Å². The molecule has 2 rings (SSSR count). The largest absolute Gasteiger partial charge is 0.491 e. The normalized spacial score (nSPS) is 20.0. The van der Waals surface area contributed by atoms with Crippen LogP contribution in [0.5, 0.6) is 5.75 Å². The summed E-state index contributed by atoms with van der Waals surface area (Å²) in [4.78, 5) is 0. The van der Waals surface area contributed by atoms with Crippen LogP contribution in [-0.2, 0) is 16.0 Å². The number of benzene rings is 1. The van der Waals surface area contributed by atoms with Gasteiger partial charge >= 0.3 is 0 Å². The van der Waals surface area contributed by atoms with Crippen LogP contribution in [0.2, 0.25) is 0 Å². The second kappa shape index (κ2) is 8.21. The van der Waals surface area contributed by atoms with Crippen molar-refractivity contribution >= 4 is 0 Å². The quantitative estimate of drug-likeness (QED) is 0.742. The molecule has 5 heteroatoms. The summed E-state index contributed by atoms with van der Waals surface area (Å²) in [6.45, 7) is 3.20. The lowest BCUT2D eigenvalue weighted by atomic mass is 10.1. The van der Waals surface area contributed by atoms with E-state index in [1.54, 1.807) is 0 Å². The summed E-state index contributed by atoms with van der Waals surface area (Å²) in [5.41, 5.74) is 6.57. The monoisotopic (exact) mass is 281 g/mol. The number of ether oxygens (including phenoxy) is 3. The molecule has 1 aromatic carbocycles. The van der Waals surface area contributed by atoms with Crippen molar-refractivity contribution in [3.8, 4) is 5.75 Å². The predicted octanol–water partition coefficient (Wildman–Crippen LogP) is 0.938. The average molecular weight is 281 g/mol. The summed E-state index contributed by atoms with van der Waals surface area (Å²) in [6, 6.07) is 7.56. The first-order chi connectivity index (χ1) is 9.78. The summed E-state index contributed by atoms with van der Waals surface area (Å²) in [5, 5.41) is 9.80. The molecule has 1 heterocycles. The Labute approximate surface area is 119 Å². The van der Waals surface area contributed by atoms with E-state index in [1.165, 1.54) is 0 Å². The van der Waals surface area contributed by atoms with E-state index in [2.05, 4.69) is 0 Å². The van der Waals surface area contributed by atoms with Gasteiger partial charge in [-0.25, -0.2) is 0 Å². The molecule has 1 aliphatic rings. The van der Waals surface area contributed by atoms with Gasteiger partial charge < -0.3 is 25.1 Å². The summed E-state index contributed by atoms with van der Waals surface area (Å²) in [7, 11) is 0. The molecule has 0 radical (unpaired) electrons. The van der Waals surface area contributed by atoms with E-state index >= 15 is 0 Å². The Hall–Kier alpha value is -1.14. The van der Waals surface area contributed by atoms with Gasteiger partial charge in [-0.3, -0.25) is 0 Å². The number of hydrogen-bond acceptors (Lipinski definition) is 5. The fourth-order valence-electron chi connectivity index (χ4n) is 2.09. The number of aliphatic hydroxyl groups excluding tert-OH is 1. The van der Waals surface area contributed by atoms with Gasteiger partial charge in [0.05, 0.1) is 19.8 Å². The third-order valence-electron chi connectivity index (χ3n) is 3.26. The molecule has 5 nitrogen and oxygen atoms in total. The minimum atomic E-state index is -0.626. The van der Waals surface area contributed by atoms with Crippen molar-refractivity contribution in [2.24, 2.45) is 11.7 Å². The minimum absolute atomic E-state index is 0.217. The van der Waals surface area contributed by atoms with Gasteiger partial charge in [-0.1, -0.05) is 12.1 Å². The summed E-state index contributed by atoms with van der Waals surface area (Å²) in [5.74, 6) is 1.18. The first-order valence-electron chi connectivity index (χ1n) is 7.03. The molecule has 112 valence electrons. The predicted molar refractivity (Wildman–Crippen MR) is 75.6 cm³/mol. The molecule has 0 saturated carbocycles. The molecule has 3 N–H and O–H groups in total. The van der Waals surface area contributed by atoms with Gasteiger partial charge in [0, 0.05) is 19.1 Å². The minimum Gasteiger partial charge on any atom is -0.491 e. The first-order valence-corrected chi connectivity index (χ1v) is 7.03. The Balaban J connectivity index is 1.62. The van der Waals surface area contributed by atoms with E-state index in [1.807, 2.05) is 24.3 Å². The van der Waals surface area contributed by atoms with Crippen LogP contribution in [0.1, 0.15) is 12.0 Å². The van der Waals surface area contributed by atoms with Gasteiger partial charge in [0.2, 0.25) is 0 Å². The van der Waals surface area contributed by atoms with Crippen LogP contribution in [0, 0.1) is 5.92 Å². The fourth-order valence-corrected chi connectivity index (χ4v) is 2.09. The van der Waals surface area contributed by atoms with Gasteiger partial charge in [-0.15, -0.1) is 0 Å². The molecular weight excluding hydrogens is 258 g/mol. The smallest absolute Gasteiger partial charge is 0.119 e. The Bertz CT molecular complexity index is 393. The van der Waals surface area contributed by atoms with Crippen LogP contribution in [0.25, 0.3) is 0 Å². The van der Waals surface area contributed by atoms with Crippen molar-refractivity contribution in [2.45, 2.75) is 19.1 Å². The van der Waals surface area contributed by atoms with E-state index in [4.69, 9.17) is 19.9 Å². The summed E-state index contributed by atoms with van der Waals surface area (Å²) < 4.78 is 16.3. The van der Waals surface area contributed by atoms with Crippen molar-refractivity contribution in [3.63, 3.8) is 0 Å². The van der Waals surface area contributed by atoms with Gasteiger partial charge in [-0.05, 0) is 24.1 Å². The number of rotatable bonds is 8. The van der Waals surface area contributed by atoms with Crippen molar-refractivity contribution in [1.82, 2.24) is 0 Å². The van der Waals surface area contributed by atoms with Crippen LogP contribution < -0.4 is 10.5 Å². The molecule has 0 amide bonds. The highest BCUT2D eigenvalue weighted by Crippen LogP contribution is 2.14. The van der Waals surface area contributed by atoms with Crippen LogP contribution in [-0.4, -0.2) is 44.2 Å². The third-order valence-corrected chi connectivity index (χ3v) is 3.26. The Kier molecular flexibility index (Phi) is 6.26. The molecule has 1 aromatic rings. The van der Waals surface area contributed by atoms with Crippen molar-refractivity contribution in [1.29, 1.82) is 0 Å². The zero-order valence-corrected chi connectivity index (χ0v) is 11.7. The Morgan fingerprint density at radius 2 is 2.30 bits per heavy atom. The first kappa shape index (κ1) is 15.3. The van der Waals surface area contributed by atoms with Crippen molar-refractivity contribution < 1.29 is 19.3 Å². The van der Waals surface area contributed by atoms with Crippen LogP contribution in [0.4, 0.5) is 0 Å². The molecule has 0 aliphatic carbocycles. The Morgan fingerprint density at radius 1 is 1.40 bits per heavy atom. The average Bonchev–Trinajstić information content (AvgIpc) is 2.98. The maximum Gasteiger partial charge on any atom is 0.119 e. The maximum absolute atomic E-state index is 9.80. The molecule has 1 fully saturated rings. The van der Waals surface area contributed by atoms with Gasteiger partial charge in [0.25, 0.3) is 0 Å². The lowest BCUT2D eigenvalue weighted by Crippen LogP contribution is -2.25. The SMILES string of the molecule is NCc1cccc(OCC(O)COCC2CCOC2)c1. The molecular formula is C15H23NO4. The van der Waals surface area contributed by atoms with Crippen LogP contribution in [0.3, 0.4) is 0 Å². The summed E-state index contributed by atoms with van der Waals surface area (Å²) in [6.07, 6.45) is 0.414. The molecule has 20 heavy (non-hydrogen) atoms. The van der Waals surface area contributed by atoms with Crippen molar-refractivity contribution in [2.75, 3.05) is 33.0 Å². The van der Waals surface area contributed by atoms with Gasteiger partial charge in [-0.2, -0.15) is 0 Å². The van der Waals surface area contributed by atoms with E-state index < -0.39 is 6.10 Å². The van der Waals surface area contributed by atoms with E-state index in [9.17, 15) is 5.11 Å². The highest BCUT2D eigenvalue weighted by Gasteiger charge is 2.16. The number of aliphatic hydroxyl groups is 1. The second-order valence-corrected chi connectivity index (χ2v) is 5.08. The van der Waals surface area contributed by atoms with Gasteiger partial charge in [0.1, 0.15) is 18.5 Å². The maximum atomic E-state index is 9.80. The molecule has 1 aliphatic heterocycles. The highest BCUT2D eigenvalue weighted by atomic mass is 16.5. The van der Waals surface area contributed by atoms with Crippen molar-refractivity contribution in [3.05, 3.63) is 29.8 Å². The topological polar surface area (TPSA) is 73.9 Å². The molecule has 0 bridgehead atoms. The standard InChI is InChI=1S/C15H23NO4/c16-7-12-2-1-3-15(6-12)20-11-14(17)10-19-9-13-4-5-18-8-13/h1-3,6,13-14,17H,4-5,7-11,16H2. The fraction of sp³-hybridized carbons (Fsp3) is 0.600. The molecule has 2 unspecified atom stereocenters. The lowest BCUT2D eigenvalue weighted by molar-refractivity contribution is -0.000560. The van der Waals surface area contributed by atoms with Gasteiger partial charge in [0.15, 0.2) is 0 Å². The zero-order chi connectivity index (χ0) is 14.2. The zero-order valence-electron chi connectivity index (χ0n) is 11.7.